The highest BCUT2D eigenvalue weighted by molar-refractivity contribution is 7.23. The van der Waals surface area contributed by atoms with Crippen LogP contribution in [0.1, 0.15) is 31.8 Å². The molecule has 0 saturated heterocycles. The number of rotatable bonds is 5. The fourth-order valence-corrected chi connectivity index (χ4v) is 4.36. The number of ether oxygens (including phenoxy) is 3. The Kier molecular flexibility index (Phi) is 6.25. The number of nitrogens with one attached hydrogen (secondary N) is 1. The van der Waals surface area contributed by atoms with Crippen molar-refractivity contribution in [2.45, 2.75) is 32.4 Å². The zero-order chi connectivity index (χ0) is 22.1. The molecule has 11 heteroatoms. The summed E-state index contributed by atoms with van der Waals surface area (Å²) in [6.07, 6.45) is -0.617. The van der Waals surface area contributed by atoms with Crippen LogP contribution in [-0.4, -0.2) is 41.9 Å². The highest BCUT2D eigenvalue weighted by atomic mass is 32.1. The quantitative estimate of drug-likeness (QED) is 0.560. The Balaban J connectivity index is 1.97. The lowest BCUT2D eigenvalue weighted by molar-refractivity contribution is -0.156. The van der Waals surface area contributed by atoms with Gasteiger partial charge in [-0.15, -0.1) is 11.3 Å². The number of anilines is 1. The number of methoxy groups -OCH3 is 2. The Morgan fingerprint density at radius 2 is 1.93 bits per heavy atom. The van der Waals surface area contributed by atoms with Gasteiger partial charge in [0.25, 0.3) is 0 Å². The number of nitrogens with zero attached hydrogens (tertiary/aromatic N) is 2. The van der Waals surface area contributed by atoms with Gasteiger partial charge in [-0.1, -0.05) is 11.3 Å². The van der Waals surface area contributed by atoms with Crippen LogP contribution in [0.3, 0.4) is 0 Å². The zero-order valence-electron chi connectivity index (χ0n) is 17.1. The first-order valence-electron chi connectivity index (χ1n) is 8.89. The molecule has 1 aromatic carbocycles. The van der Waals surface area contributed by atoms with E-state index in [0.29, 0.717) is 27.1 Å². The van der Waals surface area contributed by atoms with Crippen LogP contribution in [-0.2, 0) is 14.3 Å². The Labute approximate surface area is 181 Å². The predicted molar refractivity (Wildman–Crippen MR) is 116 cm³/mol. The van der Waals surface area contributed by atoms with Gasteiger partial charge >= 0.3 is 12.1 Å². The molecule has 1 atom stereocenters. The maximum atomic E-state index is 12.3. The van der Waals surface area contributed by atoms with Gasteiger partial charge in [0.05, 0.1) is 24.6 Å². The van der Waals surface area contributed by atoms with Gasteiger partial charge in [-0.05, 0) is 32.9 Å². The molecule has 0 spiro atoms. The fraction of sp³-hybridized carbons (Fsp3) is 0.368. The molecule has 0 fully saturated rings. The smallest absolute Gasteiger partial charge is 0.413 e. The largest absolute Gasteiger partial charge is 0.494 e. The van der Waals surface area contributed by atoms with E-state index in [1.54, 1.807) is 33.9 Å². The second-order valence-corrected chi connectivity index (χ2v) is 9.10. The van der Waals surface area contributed by atoms with E-state index in [0.717, 1.165) is 10.3 Å². The molecule has 0 radical (unpaired) electrons. The van der Waals surface area contributed by atoms with Gasteiger partial charge in [0.15, 0.2) is 11.2 Å². The summed E-state index contributed by atoms with van der Waals surface area (Å²) in [5.74, 6) is 0.0226. The molecule has 30 heavy (non-hydrogen) atoms. The summed E-state index contributed by atoms with van der Waals surface area (Å²) in [6, 6.07) is 2.64. The van der Waals surface area contributed by atoms with Crippen LogP contribution in [0.15, 0.2) is 17.5 Å². The van der Waals surface area contributed by atoms with E-state index in [9.17, 15) is 9.59 Å². The minimum atomic E-state index is -0.977. The molecule has 2 heterocycles. The summed E-state index contributed by atoms with van der Waals surface area (Å²) >= 11 is 2.54. The molecular formula is C19H22N4O5S2. The van der Waals surface area contributed by atoms with Crippen LogP contribution in [0.5, 0.6) is 5.75 Å². The highest BCUT2D eigenvalue weighted by Gasteiger charge is 2.26. The van der Waals surface area contributed by atoms with Crippen molar-refractivity contribution in [3.8, 4) is 17.0 Å². The van der Waals surface area contributed by atoms with Crippen molar-refractivity contribution in [1.29, 1.82) is 0 Å². The molecular weight excluding hydrogens is 428 g/mol. The maximum Gasteiger partial charge on any atom is 0.413 e. The monoisotopic (exact) mass is 450 g/mol. The average molecular weight is 451 g/mol. The van der Waals surface area contributed by atoms with Crippen LogP contribution in [0.2, 0.25) is 0 Å². The summed E-state index contributed by atoms with van der Waals surface area (Å²) in [5, 5.41) is 5.19. The predicted octanol–water partition coefficient (Wildman–Crippen LogP) is 3.95. The summed E-state index contributed by atoms with van der Waals surface area (Å²) in [6.45, 7) is 5.34. The molecule has 0 aliphatic rings. The normalized spacial score (nSPS) is 12.5. The van der Waals surface area contributed by atoms with Crippen molar-refractivity contribution in [3.05, 3.63) is 22.5 Å². The average Bonchev–Trinajstić information content (AvgIpc) is 3.32. The number of carbonyl (C=O) groups excluding carboxylic acids is 2. The van der Waals surface area contributed by atoms with Crippen molar-refractivity contribution < 1.29 is 23.8 Å². The van der Waals surface area contributed by atoms with Crippen molar-refractivity contribution >= 4 is 50.1 Å². The second-order valence-electron chi connectivity index (χ2n) is 7.21. The molecule has 9 nitrogen and oxygen atoms in total. The van der Waals surface area contributed by atoms with Crippen molar-refractivity contribution in [3.63, 3.8) is 0 Å². The van der Waals surface area contributed by atoms with Gasteiger partial charge in [-0.25, -0.2) is 19.6 Å². The van der Waals surface area contributed by atoms with Crippen molar-refractivity contribution in [2.24, 2.45) is 5.73 Å². The number of nitrogens with two attached hydrogens (primary N) is 1. The van der Waals surface area contributed by atoms with E-state index in [1.165, 1.54) is 29.8 Å². The van der Waals surface area contributed by atoms with Crippen LogP contribution >= 0.6 is 22.7 Å². The van der Waals surface area contributed by atoms with E-state index in [4.69, 9.17) is 15.2 Å². The topological polar surface area (TPSA) is 126 Å². The molecule has 3 N–H and O–H groups in total. The number of fused-ring (bicyclic) bond motifs is 1. The SMILES string of the molecule is COC(=O)Nc1nc2c(OC)ccc(-c3csc(C(N)C(=O)OC(C)(C)C)n3)c2s1. The van der Waals surface area contributed by atoms with Gasteiger partial charge in [0.1, 0.15) is 21.9 Å². The minimum absolute atomic E-state index is 0.364. The third-order valence-electron chi connectivity index (χ3n) is 3.85. The van der Waals surface area contributed by atoms with Crippen molar-refractivity contribution in [2.75, 3.05) is 19.5 Å². The molecule has 0 aliphatic carbocycles. The van der Waals surface area contributed by atoms with E-state index in [2.05, 4.69) is 20.0 Å². The number of benzene rings is 1. The summed E-state index contributed by atoms with van der Waals surface area (Å²) in [7, 11) is 2.82. The lowest BCUT2D eigenvalue weighted by Crippen LogP contribution is -2.31. The Bertz CT molecular complexity index is 1090. The Hall–Kier alpha value is -2.76. The number of esters is 1. The molecule has 3 aromatic rings. The fourth-order valence-electron chi connectivity index (χ4n) is 2.56. The first-order valence-corrected chi connectivity index (χ1v) is 10.6. The summed E-state index contributed by atoms with van der Waals surface area (Å²) < 4.78 is 16.1. The molecule has 0 aliphatic heterocycles. The summed E-state index contributed by atoms with van der Waals surface area (Å²) in [4.78, 5) is 32.8. The van der Waals surface area contributed by atoms with Gasteiger partial charge in [-0.3, -0.25) is 5.32 Å². The minimum Gasteiger partial charge on any atom is -0.494 e. The third kappa shape index (κ3) is 4.69. The Morgan fingerprint density at radius 1 is 1.20 bits per heavy atom. The number of aromatic nitrogens is 2. The van der Waals surface area contributed by atoms with Crippen LogP contribution in [0.4, 0.5) is 9.93 Å². The Morgan fingerprint density at radius 3 is 2.57 bits per heavy atom. The van der Waals surface area contributed by atoms with Crippen LogP contribution in [0.25, 0.3) is 21.5 Å². The first kappa shape index (κ1) is 21.9. The van der Waals surface area contributed by atoms with E-state index < -0.39 is 23.7 Å². The first-order chi connectivity index (χ1) is 14.1. The number of hydrogen-bond acceptors (Lipinski definition) is 10. The maximum absolute atomic E-state index is 12.3. The van der Waals surface area contributed by atoms with Gasteiger partial charge in [-0.2, -0.15) is 0 Å². The van der Waals surface area contributed by atoms with E-state index in [-0.39, 0.29) is 0 Å². The molecule has 160 valence electrons. The van der Waals surface area contributed by atoms with Gasteiger partial charge in [0.2, 0.25) is 0 Å². The van der Waals surface area contributed by atoms with E-state index in [1.807, 2.05) is 11.4 Å². The standard InChI is InChI=1S/C19H22N4O5S2/c1-19(2,3)28-16(24)12(20)15-21-10(8-29-15)9-6-7-11(26-4)13-14(9)30-17(22-13)23-18(25)27-5/h6-8,12H,20H2,1-5H3,(H,22,23,25). The number of thiazole rings is 2. The number of carbonyl (C=O) groups is 2. The van der Waals surface area contributed by atoms with Crippen molar-refractivity contribution in [1.82, 2.24) is 9.97 Å². The molecule has 1 amide bonds. The lowest BCUT2D eigenvalue weighted by atomic mass is 10.1. The number of hydrogen-bond donors (Lipinski definition) is 2. The number of amides is 1. The lowest BCUT2D eigenvalue weighted by Gasteiger charge is -2.21. The van der Waals surface area contributed by atoms with Gasteiger partial charge in [0, 0.05) is 10.9 Å². The zero-order valence-corrected chi connectivity index (χ0v) is 18.8. The van der Waals surface area contributed by atoms with Gasteiger partial charge < -0.3 is 19.9 Å². The van der Waals surface area contributed by atoms with Crippen LogP contribution in [0, 0.1) is 0 Å². The highest BCUT2D eigenvalue weighted by Crippen LogP contribution is 2.40. The van der Waals surface area contributed by atoms with Crippen LogP contribution < -0.4 is 15.8 Å². The molecule has 2 aromatic heterocycles. The third-order valence-corrected chi connectivity index (χ3v) is 5.78. The molecule has 3 rings (SSSR count). The second kappa shape index (κ2) is 8.54. The molecule has 0 bridgehead atoms. The molecule has 1 unspecified atom stereocenters. The van der Waals surface area contributed by atoms with E-state index >= 15 is 0 Å². The summed E-state index contributed by atoms with van der Waals surface area (Å²) in [5.41, 5.74) is 7.41. The molecule has 0 saturated carbocycles.